The van der Waals surface area contributed by atoms with Crippen LogP contribution in [-0.4, -0.2) is 24.6 Å². The highest BCUT2D eigenvalue weighted by Crippen LogP contribution is 2.48. The molecule has 0 spiro atoms. The quantitative estimate of drug-likeness (QED) is 0.0890. The van der Waals surface area contributed by atoms with Crippen LogP contribution in [0.25, 0.3) is 119 Å². The molecule has 0 atom stereocenters. The molecule has 330 valence electrons. The lowest BCUT2D eigenvalue weighted by Crippen LogP contribution is -2.18. The summed E-state index contributed by atoms with van der Waals surface area (Å²) in [5.74, 6) is 1.69. The molecule has 3 heterocycles. The predicted molar refractivity (Wildman–Crippen MR) is 294 cm³/mol. The Balaban J connectivity index is 1.07. The summed E-state index contributed by atoms with van der Waals surface area (Å²) in [5, 5.41) is 22.4. The molecule has 0 saturated heterocycles. The van der Waals surface area contributed by atoms with E-state index in [0.29, 0.717) is 23.0 Å². The van der Waals surface area contributed by atoms with Crippen LogP contribution in [0.4, 0.5) is 0 Å². The summed E-state index contributed by atoms with van der Waals surface area (Å²) in [6.07, 6.45) is 7.70. The van der Waals surface area contributed by atoms with Crippen molar-refractivity contribution in [2.24, 2.45) is 0 Å². The maximum Gasteiger partial charge on any atom is 0.164 e. The highest BCUT2D eigenvalue weighted by Gasteiger charge is 2.29. The van der Waals surface area contributed by atoms with Crippen LogP contribution >= 0.6 is 11.3 Å². The van der Waals surface area contributed by atoms with Crippen LogP contribution in [0.3, 0.4) is 0 Å². The number of fused-ring (bicyclic) bond motifs is 12. The molecule has 1 N–H and O–H groups in total. The zero-order chi connectivity index (χ0) is 47.0. The lowest BCUT2D eigenvalue weighted by molar-refractivity contribution is 0.434. The zero-order valence-electron chi connectivity index (χ0n) is 38.5. The molecule has 5 nitrogen and oxygen atoms in total. The average molecular weight is 907 g/mol. The monoisotopic (exact) mass is 906 g/mol. The number of para-hydroxylation sites is 2. The van der Waals surface area contributed by atoms with Crippen molar-refractivity contribution in [1.82, 2.24) is 19.5 Å². The topological polar surface area (TPSA) is 63.8 Å². The van der Waals surface area contributed by atoms with Crippen molar-refractivity contribution in [1.29, 1.82) is 0 Å². The Bertz CT molecular complexity index is 4100. The highest BCUT2D eigenvalue weighted by molar-refractivity contribution is 7.26. The van der Waals surface area contributed by atoms with Crippen LogP contribution in [0.15, 0.2) is 213 Å². The van der Waals surface area contributed by atoms with Crippen molar-refractivity contribution in [3.05, 3.63) is 224 Å². The lowest BCUT2D eigenvalue weighted by Gasteiger charge is -2.27. The number of hydrogen-bond acceptors (Lipinski definition) is 5. The highest BCUT2D eigenvalue weighted by atomic mass is 32.1. The number of thiophene rings is 1. The molecule has 69 heavy (non-hydrogen) atoms. The second-order valence-corrected chi connectivity index (χ2v) is 19.4. The van der Waals surface area contributed by atoms with Gasteiger partial charge in [0.2, 0.25) is 0 Å². The van der Waals surface area contributed by atoms with E-state index < -0.39 is 5.41 Å². The molecular formula is C63H46N4OS. The molecule has 0 fully saturated rings. The molecule has 0 radical (unpaired) electrons. The lowest BCUT2D eigenvalue weighted by atomic mass is 9.79. The minimum atomic E-state index is -0.550. The number of aliphatic hydroxyl groups is 1. The molecule has 6 heteroatoms. The van der Waals surface area contributed by atoms with Gasteiger partial charge in [-0.05, 0) is 104 Å². The first-order chi connectivity index (χ1) is 33.7. The van der Waals surface area contributed by atoms with Gasteiger partial charge in [-0.1, -0.05) is 173 Å². The predicted octanol–water partition coefficient (Wildman–Crippen LogP) is 17.3. The summed E-state index contributed by atoms with van der Waals surface area (Å²) in [6.45, 7) is 14.6. The van der Waals surface area contributed by atoms with E-state index in [1.807, 2.05) is 19.1 Å². The van der Waals surface area contributed by atoms with Gasteiger partial charge in [0.15, 0.2) is 17.5 Å². The molecule has 0 bridgehead atoms. The second-order valence-electron chi connectivity index (χ2n) is 18.3. The Hall–Kier alpha value is -8.45. The maximum atomic E-state index is 10.4. The number of rotatable bonds is 9. The van der Waals surface area contributed by atoms with Gasteiger partial charge < -0.3 is 9.67 Å². The van der Waals surface area contributed by atoms with Gasteiger partial charge in [0.05, 0.1) is 16.7 Å². The average Bonchev–Trinajstić information content (AvgIpc) is 3.93. The molecule has 0 unspecified atom stereocenters. The van der Waals surface area contributed by atoms with Crippen LogP contribution in [0.5, 0.6) is 0 Å². The van der Waals surface area contributed by atoms with Gasteiger partial charge in [-0.2, -0.15) is 0 Å². The smallest absolute Gasteiger partial charge is 0.164 e. The van der Waals surface area contributed by atoms with Crippen molar-refractivity contribution in [3.63, 3.8) is 0 Å². The fraction of sp³-hybridized carbons (Fsp3) is 0.0635. The Morgan fingerprint density at radius 1 is 0.536 bits per heavy atom. The fourth-order valence-electron chi connectivity index (χ4n) is 10.5. The molecule has 12 rings (SSSR count). The molecule has 3 aromatic heterocycles. The molecule has 0 aliphatic heterocycles. The van der Waals surface area contributed by atoms with Gasteiger partial charge in [0.25, 0.3) is 0 Å². The normalized spacial score (nSPS) is 12.3. The number of benzene rings is 9. The van der Waals surface area contributed by atoms with Crippen molar-refractivity contribution < 1.29 is 5.11 Å². The molecule has 9 aromatic carbocycles. The van der Waals surface area contributed by atoms with E-state index in [9.17, 15) is 5.11 Å². The van der Waals surface area contributed by atoms with Gasteiger partial charge in [-0.3, -0.25) is 0 Å². The van der Waals surface area contributed by atoms with Gasteiger partial charge in [-0.25, -0.2) is 15.0 Å². The summed E-state index contributed by atoms with van der Waals surface area (Å²) in [4.78, 5) is 15.4. The number of nitrogens with zero attached hydrogens (tertiary/aromatic N) is 4. The molecule has 0 aliphatic carbocycles. The van der Waals surface area contributed by atoms with Crippen molar-refractivity contribution >= 4 is 91.2 Å². The van der Waals surface area contributed by atoms with Gasteiger partial charge in [-0.15, -0.1) is 11.3 Å². The third kappa shape index (κ3) is 6.94. The molecule has 0 aliphatic rings. The fourth-order valence-corrected chi connectivity index (χ4v) is 11.6. The number of aliphatic hydroxyl groups excluding tert-OH is 1. The molecular weight excluding hydrogens is 861 g/mol. The summed E-state index contributed by atoms with van der Waals surface area (Å²) in [6, 6.07) is 60.8. The summed E-state index contributed by atoms with van der Waals surface area (Å²) < 4.78 is 4.78. The van der Waals surface area contributed by atoms with E-state index >= 15 is 0 Å². The van der Waals surface area contributed by atoms with E-state index in [4.69, 9.17) is 15.0 Å². The van der Waals surface area contributed by atoms with Crippen LogP contribution in [-0.2, 0) is 5.41 Å². The minimum Gasteiger partial charge on any atom is -0.509 e. The summed E-state index contributed by atoms with van der Waals surface area (Å²) in [7, 11) is 0. The second kappa shape index (κ2) is 16.4. The van der Waals surface area contributed by atoms with Crippen LogP contribution < -0.4 is 0 Å². The summed E-state index contributed by atoms with van der Waals surface area (Å²) in [5.41, 5.74) is 8.59. The van der Waals surface area contributed by atoms with Crippen LogP contribution in [0.1, 0.15) is 32.2 Å². The third-order valence-electron chi connectivity index (χ3n) is 13.5. The van der Waals surface area contributed by atoms with E-state index in [0.717, 1.165) is 49.9 Å². The van der Waals surface area contributed by atoms with Crippen LogP contribution in [0, 0.1) is 0 Å². The zero-order valence-corrected chi connectivity index (χ0v) is 39.4. The Morgan fingerprint density at radius 2 is 1.09 bits per heavy atom. The Labute approximate surface area is 404 Å². The Morgan fingerprint density at radius 3 is 1.72 bits per heavy atom. The first-order valence-electron chi connectivity index (χ1n) is 23.2. The summed E-state index contributed by atoms with van der Waals surface area (Å²) >= 11 is 1.80. The van der Waals surface area contributed by atoms with E-state index in [2.05, 4.69) is 208 Å². The van der Waals surface area contributed by atoms with Gasteiger partial charge in [0, 0.05) is 53.1 Å². The molecule has 0 amide bonds. The van der Waals surface area contributed by atoms with E-state index in [1.54, 1.807) is 17.4 Å². The van der Waals surface area contributed by atoms with E-state index in [1.165, 1.54) is 57.9 Å². The largest absolute Gasteiger partial charge is 0.509 e. The van der Waals surface area contributed by atoms with Crippen molar-refractivity contribution in [2.75, 3.05) is 0 Å². The standard InChI is InChI=1S/C63H46N4OS/c1-6-17-38(2)60-64-61(66-62(65-60)42-30-31-48-46-22-8-7-20-44(46)45-21-9-10-23-47(45)51(48)37-42)41-19-15-18-40(36-41)43-26-16-29-55-57(43)58-56(69-55)33-32-54(59(58)63(4,5)35-34-39(3)68)67-52-27-13-11-24-49(52)50-25-12-14-28-53(50)67/h6-37,68H,2-3H2,1,4-5H3/b17-6-,35-34-. The SMILES string of the molecule is C=C(O)/C=C\C(C)(C)c1c(-n2c3ccccc3c3ccccc32)ccc2sc3cccc(-c4cccc(-c5nc(C(=C)/C=C\C)nc(-c6ccc7c8ccccc8c8ccccc8c7c6)n5)c4)c3c12. The molecule has 12 aromatic rings. The van der Waals surface area contributed by atoms with Crippen molar-refractivity contribution in [2.45, 2.75) is 26.2 Å². The number of allylic oxidation sites excluding steroid dienone is 5. The van der Waals surface area contributed by atoms with Gasteiger partial charge in [0.1, 0.15) is 5.76 Å². The molecule has 0 saturated carbocycles. The Kier molecular flexibility index (Phi) is 9.97. The minimum absolute atomic E-state index is 0.0167. The third-order valence-corrected chi connectivity index (χ3v) is 14.6. The van der Waals surface area contributed by atoms with E-state index in [-0.39, 0.29) is 5.76 Å². The first-order valence-corrected chi connectivity index (χ1v) is 24.1. The van der Waals surface area contributed by atoms with Gasteiger partial charge >= 0.3 is 0 Å². The number of hydrogen-bond donors (Lipinski definition) is 1. The van der Waals surface area contributed by atoms with Crippen LogP contribution in [0.2, 0.25) is 0 Å². The maximum absolute atomic E-state index is 10.4. The number of aromatic nitrogens is 4. The van der Waals surface area contributed by atoms with Crippen molar-refractivity contribution in [3.8, 4) is 39.6 Å². The first kappa shape index (κ1) is 41.9.